The number of urea groups is 1. The van der Waals surface area contributed by atoms with E-state index in [0.29, 0.717) is 0 Å². The number of nitrogens with one attached hydrogen (secondary N) is 1. The number of carbonyl (C=O) groups is 1. The van der Waals surface area contributed by atoms with E-state index < -0.39 is 0 Å². The van der Waals surface area contributed by atoms with Crippen LogP contribution in [0.15, 0.2) is 10.3 Å². The Labute approximate surface area is 64.9 Å². The minimum Gasteiger partial charge on any atom is -0.394 e. The molecule has 11 heavy (non-hydrogen) atoms. The normalized spacial score (nSPS) is 10.1. The molecule has 0 rings (SSSR count). The second-order valence-corrected chi connectivity index (χ2v) is 1.69. The van der Waals surface area contributed by atoms with E-state index in [4.69, 9.17) is 5.11 Å². The Balaban J connectivity index is 3.97. The van der Waals surface area contributed by atoms with Crippen molar-refractivity contribution in [2.75, 3.05) is 27.2 Å². The molecular weight excluding hydrogens is 148 g/mol. The summed E-state index contributed by atoms with van der Waals surface area (Å²) in [5.74, 6) is 0. The van der Waals surface area contributed by atoms with Crippen molar-refractivity contribution in [2.45, 2.75) is 0 Å². The Kier molecular flexibility index (Phi) is 5.01. The van der Waals surface area contributed by atoms with Crippen LogP contribution < -0.4 is 5.32 Å². The molecule has 0 aliphatic heterocycles. The Morgan fingerprint density at radius 3 is 2.73 bits per heavy atom. The smallest absolute Gasteiger partial charge is 0.338 e. The standard InChI is InChI=1S/C5H12N4O2/c1-6-5(11)9(3-4-10)8-7-2/h10H,3-4H2,1-2H3,(H,6,11). The van der Waals surface area contributed by atoms with E-state index in [2.05, 4.69) is 15.7 Å². The quantitative estimate of drug-likeness (QED) is 0.436. The largest absolute Gasteiger partial charge is 0.394 e. The fourth-order valence-electron chi connectivity index (χ4n) is 0.519. The van der Waals surface area contributed by atoms with E-state index >= 15 is 0 Å². The molecule has 0 heterocycles. The molecule has 0 aromatic rings. The summed E-state index contributed by atoms with van der Waals surface area (Å²) in [7, 11) is 2.94. The van der Waals surface area contributed by atoms with Crippen molar-refractivity contribution in [1.29, 1.82) is 0 Å². The number of hydrogen-bond donors (Lipinski definition) is 2. The SMILES string of the molecule is CN=NN(CCO)C(=O)NC. The van der Waals surface area contributed by atoms with Crippen molar-refractivity contribution in [3.05, 3.63) is 0 Å². The van der Waals surface area contributed by atoms with Crippen LogP contribution in [0.25, 0.3) is 0 Å². The van der Waals surface area contributed by atoms with Crippen LogP contribution in [0.2, 0.25) is 0 Å². The highest BCUT2D eigenvalue weighted by Gasteiger charge is 2.08. The second kappa shape index (κ2) is 5.60. The molecule has 64 valence electrons. The van der Waals surface area contributed by atoms with Gasteiger partial charge in [0.1, 0.15) is 0 Å². The molecule has 0 aromatic carbocycles. The molecule has 0 bridgehead atoms. The summed E-state index contributed by atoms with van der Waals surface area (Å²) in [5, 5.41) is 18.8. The molecule has 2 N–H and O–H groups in total. The van der Waals surface area contributed by atoms with E-state index in [1.807, 2.05) is 0 Å². The lowest BCUT2D eigenvalue weighted by Gasteiger charge is -2.12. The van der Waals surface area contributed by atoms with Crippen molar-refractivity contribution in [1.82, 2.24) is 10.3 Å². The topological polar surface area (TPSA) is 77.3 Å². The van der Waals surface area contributed by atoms with Crippen LogP contribution in [0.4, 0.5) is 4.79 Å². The van der Waals surface area contributed by atoms with E-state index in [9.17, 15) is 4.79 Å². The maximum absolute atomic E-state index is 10.8. The molecule has 0 saturated heterocycles. The molecule has 0 unspecified atom stereocenters. The average molecular weight is 160 g/mol. The minimum absolute atomic E-state index is 0.133. The fourth-order valence-corrected chi connectivity index (χ4v) is 0.519. The molecule has 0 radical (unpaired) electrons. The first-order valence-electron chi connectivity index (χ1n) is 3.16. The summed E-state index contributed by atoms with van der Waals surface area (Å²) < 4.78 is 0. The van der Waals surface area contributed by atoms with Crippen LogP contribution in [0, 0.1) is 0 Å². The van der Waals surface area contributed by atoms with Crippen LogP contribution in [-0.4, -0.2) is 43.4 Å². The van der Waals surface area contributed by atoms with E-state index in [1.54, 1.807) is 0 Å². The van der Waals surface area contributed by atoms with Crippen molar-refractivity contribution in [3.63, 3.8) is 0 Å². The van der Waals surface area contributed by atoms with Gasteiger partial charge >= 0.3 is 6.03 Å². The third-order valence-corrected chi connectivity index (χ3v) is 0.958. The zero-order chi connectivity index (χ0) is 8.69. The molecule has 0 atom stereocenters. The lowest BCUT2D eigenvalue weighted by molar-refractivity contribution is 0.176. The van der Waals surface area contributed by atoms with Crippen LogP contribution in [0.1, 0.15) is 0 Å². The van der Waals surface area contributed by atoms with Crippen molar-refractivity contribution in [2.24, 2.45) is 10.3 Å². The summed E-state index contributed by atoms with van der Waals surface area (Å²) in [6.45, 7) is 0.0173. The summed E-state index contributed by atoms with van der Waals surface area (Å²) in [6.07, 6.45) is 0. The van der Waals surface area contributed by atoms with Crippen LogP contribution in [-0.2, 0) is 0 Å². The molecule has 0 aromatic heterocycles. The molecule has 0 aliphatic carbocycles. The number of hydrogen-bond acceptors (Lipinski definition) is 4. The van der Waals surface area contributed by atoms with Gasteiger partial charge in [-0.2, -0.15) is 10.1 Å². The molecule has 0 aliphatic rings. The van der Waals surface area contributed by atoms with Crippen LogP contribution >= 0.6 is 0 Å². The first kappa shape index (κ1) is 9.83. The molecular formula is C5H12N4O2. The zero-order valence-electron chi connectivity index (χ0n) is 6.61. The molecule has 6 nitrogen and oxygen atoms in total. The fraction of sp³-hybridized carbons (Fsp3) is 0.800. The third-order valence-electron chi connectivity index (χ3n) is 0.958. The summed E-state index contributed by atoms with van der Waals surface area (Å²) in [4.78, 5) is 10.8. The highest BCUT2D eigenvalue weighted by molar-refractivity contribution is 5.73. The van der Waals surface area contributed by atoms with E-state index in [1.165, 1.54) is 14.1 Å². The average Bonchev–Trinajstić information content (AvgIpc) is 2.03. The van der Waals surface area contributed by atoms with Gasteiger partial charge in [0.15, 0.2) is 0 Å². The van der Waals surface area contributed by atoms with Gasteiger partial charge in [-0.3, -0.25) is 0 Å². The molecule has 0 fully saturated rings. The lowest BCUT2D eigenvalue weighted by atomic mass is 10.6. The highest BCUT2D eigenvalue weighted by atomic mass is 16.3. The third kappa shape index (κ3) is 3.51. The minimum atomic E-state index is -0.385. The van der Waals surface area contributed by atoms with E-state index in [-0.39, 0.29) is 19.2 Å². The van der Waals surface area contributed by atoms with Crippen molar-refractivity contribution in [3.8, 4) is 0 Å². The summed E-state index contributed by atoms with van der Waals surface area (Å²) in [6, 6.07) is -0.385. The van der Waals surface area contributed by atoms with Gasteiger partial charge in [0.2, 0.25) is 0 Å². The van der Waals surface area contributed by atoms with E-state index in [0.717, 1.165) is 5.01 Å². The van der Waals surface area contributed by atoms with Gasteiger partial charge < -0.3 is 10.4 Å². The predicted octanol–water partition coefficient (Wildman–Crippen LogP) is -0.383. The first-order valence-corrected chi connectivity index (χ1v) is 3.16. The van der Waals surface area contributed by atoms with Gasteiger partial charge in [0.25, 0.3) is 0 Å². The number of aliphatic hydroxyl groups excluding tert-OH is 1. The van der Waals surface area contributed by atoms with Gasteiger partial charge in [-0.05, 0) is 0 Å². The van der Waals surface area contributed by atoms with Crippen LogP contribution in [0.3, 0.4) is 0 Å². The Morgan fingerprint density at radius 1 is 1.73 bits per heavy atom. The maximum Gasteiger partial charge on any atom is 0.338 e. The van der Waals surface area contributed by atoms with Crippen LogP contribution in [0.5, 0.6) is 0 Å². The second-order valence-electron chi connectivity index (χ2n) is 1.69. The number of nitrogens with zero attached hydrogens (tertiary/aromatic N) is 3. The Hall–Kier alpha value is -1.17. The first-order chi connectivity index (χ1) is 5.26. The van der Waals surface area contributed by atoms with Gasteiger partial charge in [-0.15, -0.1) is 0 Å². The zero-order valence-corrected chi connectivity index (χ0v) is 6.61. The summed E-state index contributed by atoms with van der Waals surface area (Å²) in [5.41, 5.74) is 0. The number of carbonyl (C=O) groups excluding carboxylic acids is 1. The number of aliphatic hydroxyl groups is 1. The van der Waals surface area contributed by atoms with Crippen molar-refractivity contribution >= 4 is 6.03 Å². The molecule has 0 spiro atoms. The lowest BCUT2D eigenvalue weighted by Crippen LogP contribution is -2.35. The van der Waals surface area contributed by atoms with Gasteiger partial charge in [-0.1, -0.05) is 5.22 Å². The molecule has 0 saturated carbocycles. The van der Waals surface area contributed by atoms with Crippen molar-refractivity contribution < 1.29 is 9.90 Å². The molecule has 2 amide bonds. The number of amides is 2. The Bertz CT molecular complexity index is 147. The molecule has 6 heteroatoms. The van der Waals surface area contributed by atoms with Gasteiger partial charge in [-0.25, -0.2) is 4.79 Å². The summed E-state index contributed by atoms with van der Waals surface area (Å²) >= 11 is 0. The Morgan fingerprint density at radius 2 is 2.36 bits per heavy atom. The maximum atomic E-state index is 10.8. The van der Waals surface area contributed by atoms with Gasteiger partial charge in [0.05, 0.1) is 20.2 Å². The predicted molar refractivity (Wildman–Crippen MR) is 39.0 cm³/mol. The monoisotopic (exact) mass is 160 g/mol. The number of rotatable bonds is 3. The highest BCUT2D eigenvalue weighted by Crippen LogP contribution is 1.89. The van der Waals surface area contributed by atoms with Gasteiger partial charge in [0, 0.05) is 7.05 Å².